The molecule has 0 aromatic carbocycles. The van der Waals surface area contributed by atoms with E-state index < -0.39 is 3.79 Å². The monoisotopic (exact) mass is 271 g/mol. The maximum atomic E-state index is 5.59. The molecular weight excluding hydrogens is 265 g/mol. The molecule has 7 heteroatoms. The number of rotatable bonds is 2. The predicted octanol–water partition coefficient (Wildman–Crippen LogP) is 2.83. The van der Waals surface area contributed by atoms with Crippen LogP contribution >= 0.6 is 46.6 Å². The maximum absolute atomic E-state index is 5.59. The predicted molar refractivity (Wildman–Crippen MR) is 62.2 cm³/mol. The van der Waals surface area contributed by atoms with Gasteiger partial charge in [-0.1, -0.05) is 46.6 Å². The second-order valence-electron chi connectivity index (χ2n) is 2.62. The smallest absolute Gasteiger partial charge is 0.199 e. The second-order valence-corrected chi connectivity index (χ2v) is 6.08. The normalized spacial score (nSPS) is 11.7. The van der Waals surface area contributed by atoms with Gasteiger partial charge in [0.05, 0.1) is 0 Å². The van der Waals surface area contributed by atoms with Crippen molar-refractivity contribution < 1.29 is 0 Å². The van der Waals surface area contributed by atoms with E-state index in [1.165, 1.54) is 11.8 Å². The van der Waals surface area contributed by atoms with Gasteiger partial charge in [0.1, 0.15) is 5.82 Å². The van der Waals surface area contributed by atoms with Gasteiger partial charge in [0.25, 0.3) is 0 Å². The number of nitrogen functional groups attached to an aromatic ring is 1. The Kier molecular flexibility index (Phi) is 4.13. The SMILES string of the molecule is Cc1cc(N)nc(SCC(Cl)(Cl)Cl)n1. The topological polar surface area (TPSA) is 51.8 Å². The number of alkyl halides is 3. The summed E-state index contributed by atoms with van der Waals surface area (Å²) in [6.45, 7) is 1.83. The lowest BCUT2D eigenvalue weighted by molar-refractivity contribution is 0.939. The highest BCUT2D eigenvalue weighted by Crippen LogP contribution is 2.32. The molecule has 0 aliphatic carbocycles. The van der Waals surface area contributed by atoms with E-state index in [1.54, 1.807) is 6.07 Å². The highest BCUT2D eigenvalue weighted by atomic mass is 35.6. The third kappa shape index (κ3) is 4.55. The summed E-state index contributed by atoms with van der Waals surface area (Å²) in [5.74, 6) is 0.713. The second kappa shape index (κ2) is 4.75. The molecule has 0 atom stereocenters. The van der Waals surface area contributed by atoms with Crippen molar-refractivity contribution in [2.24, 2.45) is 0 Å². The Morgan fingerprint density at radius 2 is 2.07 bits per heavy atom. The Hall–Kier alpha value is 0.1000. The van der Waals surface area contributed by atoms with Gasteiger partial charge in [0.2, 0.25) is 0 Å². The average molecular weight is 273 g/mol. The Bertz CT molecular complexity index is 306. The molecule has 1 rings (SSSR count). The zero-order chi connectivity index (χ0) is 10.8. The summed E-state index contributed by atoms with van der Waals surface area (Å²) in [5.41, 5.74) is 6.33. The van der Waals surface area contributed by atoms with Gasteiger partial charge < -0.3 is 5.73 Å². The van der Waals surface area contributed by atoms with Gasteiger partial charge in [-0.15, -0.1) is 0 Å². The van der Waals surface area contributed by atoms with E-state index in [9.17, 15) is 0 Å². The van der Waals surface area contributed by atoms with Gasteiger partial charge in [0.15, 0.2) is 8.95 Å². The Labute approximate surface area is 101 Å². The molecule has 1 aromatic heterocycles. The first-order valence-electron chi connectivity index (χ1n) is 3.67. The molecule has 14 heavy (non-hydrogen) atoms. The molecule has 0 aliphatic rings. The number of hydrogen-bond donors (Lipinski definition) is 1. The van der Waals surface area contributed by atoms with Crippen molar-refractivity contribution in [2.45, 2.75) is 15.9 Å². The van der Waals surface area contributed by atoms with Crippen LogP contribution < -0.4 is 5.73 Å². The standard InChI is InChI=1S/C7H8Cl3N3S/c1-4-2-5(11)13-6(12-4)14-3-7(8,9)10/h2H,3H2,1H3,(H2,11,12,13). The van der Waals surface area contributed by atoms with E-state index in [-0.39, 0.29) is 0 Å². The van der Waals surface area contributed by atoms with E-state index in [0.29, 0.717) is 16.7 Å². The van der Waals surface area contributed by atoms with Crippen LogP contribution in [0, 0.1) is 6.92 Å². The molecule has 0 amide bonds. The molecule has 0 spiro atoms. The van der Waals surface area contributed by atoms with Crippen molar-refractivity contribution in [3.05, 3.63) is 11.8 Å². The van der Waals surface area contributed by atoms with Crippen LogP contribution in [0.5, 0.6) is 0 Å². The summed E-state index contributed by atoms with van der Waals surface area (Å²) in [5, 5.41) is 0.522. The van der Waals surface area contributed by atoms with E-state index in [0.717, 1.165) is 5.69 Å². The number of nitrogens with zero attached hydrogens (tertiary/aromatic N) is 2. The molecule has 0 bridgehead atoms. The number of aromatic nitrogens is 2. The first-order valence-corrected chi connectivity index (χ1v) is 5.79. The molecule has 0 radical (unpaired) electrons. The molecule has 0 aliphatic heterocycles. The van der Waals surface area contributed by atoms with Crippen LogP contribution in [-0.2, 0) is 0 Å². The Morgan fingerprint density at radius 3 is 2.57 bits per heavy atom. The van der Waals surface area contributed by atoms with Crippen LogP contribution in [0.4, 0.5) is 5.82 Å². The fourth-order valence-electron chi connectivity index (χ4n) is 0.776. The summed E-state index contributed by atoms with van der Waals surface area (Å²) < 4.78 is -1.30. The number of halogens is 3. The Morgan fingerprint density at radius 1 is 1.43 bits per heavy atom. The lowest BCUT2D eigenvalue weighted by Gasteiger charge is -2.09. The van der Waals surface area contributed by atoms with Gasteiger partial charge in [0, 0.05) is 17.5 Å². The number of aryl methyl sites for hydroxylation is 1. The first kappa shape index (κ1) is 12.2. The molecule has 78 valence electrons. The van der Waals surface area contributed by atoms with Gasteiger partial charge in [-0.3, -0.25) is 0 Å². The maximum Gasteiger partial charge on any atom is 0.199 e. The van der Waals surface area contributed by atoms with Crippen molar-refractivity contribution >= 4 is 52.4 Å². The highest BCUT2D eigenvalue weighted by molar-refractivity contribution is 7.99. The van der Waals surface area contributed by atoms with Gasteiger partial charge >= 0.3 is 0 Å². The highest BCUT2D eigenvalue weighted by Gasteiger charge is 2.20. The van der Waals surface area contributed by atoms with Crippen molar-refractivity contribution in [2.75, 3.05) is 11.5 Å². The zero-order valence-corrected chi connectivity index (χ0v) is 10.4. The average Bonchev–Trinajstić information content (AvgIpc) is 1.97. The van der Waals surface area contributed by atoms with E-state index in [2.05, 4.69) is 9.97 Å². The molecule has 0 saturated heterocycles. The van der Waals surface area contributed by atoms with E-state index in [4.69, 9.17) is 40.5 Å². The van der Waals surface area contributed by atoms with Gasteiger partial charge in [-0.2, -0.15) is 0 Å². The molecule has 1 aromatic rings. The zero-order valence-electron chi connectivity index (χ0n) is 7.30. The van der Waals surface area contributed by atoms with Gasteiger partial charge in [-0.05, 0) is 6.92 Å². The lowest BCUT2D eigenvalue weighted by atomic mass is 10.4. The summed E-state index contributed by atoms with van der Waals surface area (Å²) in [4.78, 5) is 8.12. The first-order chi connectivity index (χ1) is 6.37. The third-order valence-corrected chi connectivity index (χ3v) is 3.11. The summed E-state index contributed by atoms with van der Waals surface area (Å²) in [6, 6.07) is 1.68. The minimum Gasteiger partial charge on any atom is -0.384 e. The molecule has 0 fully saturated rings. The van der Waals surface area contributed by atoms with Crippen molar-refractivity contribution in [3.63, 3.8) is 0 Å². The van der Waals surface area contributed by atoms with Crippen molar-refractivity contribution in [3.8, 4) is 0 Å². The quantitative estimate of drug-likeness (QED) is 0.511. The fraction of sp³-hybridized carbons (Fsp3) is 0.429. The van der Waals surface area contributed by atoms with Crippen molar-refractivity contribution in [1.82, 2.24) is 9.97 Å². The van der Waals surface area contributed by atoms with Crippen LogP contribution in [-0.4, -0.2) is 19.5 Å². The van der Waals surface area contributed by atoms with Crippen LogP contribution in [0.25, 0.3) is 0 Å². The fourth-order valence-corrected chi connectivity index (χ4v) is 1.94. The molecule has 3 nitrogen and oxygen atoms in total. The number of nitrogens with two attached hydrogens (primary N) is 1. The van der Waals surface area contributed by atoms with Crippen LogP contribution in [0.1, 0.15) is 5.69 Å². The largest absolute Gasteiger partial charge is 0.384 e. The summed E-state index contributed by atoms with van der Waals surface area (Å²) in [6.07, 6.45) is 0. The molecule has 0 saturated carbocycles. The van der Waals surface area contributed by atoms with Crippen LogP contribution in [0.3, 0.4) is 0 Å². The van der Waals surface area contributed by atoms with Gasteiger partial charge in [-0.25, -0.2) is 9.97 Å². The molecular formula is C7H8Cl3N3S. The van der Waals surface area contributed by atoms with Crippen LogP contribution in [0.2, 0.25) is 0 Å². The van der Waals surface area contributed by atoms with E-state index in [1.807, 2.05) is 6.92 Å². The number of thioether (sulfide) groups is 1. The molecule has 2 N–H and O–H groups in total. The summed E-state index contributed by atoms with van der Waals surface area (Å²) >= 11 is 18.0. The number of hydrogen-bond acceptors (Lipinski definition) is 4. The van der Waals surface area contributed by atoms with E-state index >= 15 is 0 Å². The number of anilines is 1. The minimum atomic E-state index is -1.30. The lowest BCUT2D eigenvalue weighted by Crippen LogP contribution is -2.06. The Balaban J connectivity index is 2.68. The molecule has 1 heterocycles. The minimum absolute atomic E-state index is 0.292. The third-order valence-electron chi connectivity index (χ3n) is 1.22. The molecule has 0 unspecified atom stereocenters. The van der Waals surface area contributed by atoms with Crippen molar-refractivity contribution in [1.29, 1.82) is 0 Å². The summed E-state index contributed by atoms with van der Waals surface area (Å²) in [7, 11) is 0. The van der Waals surface area contributed by atoms with Crippen LogP contribution in [0.15, 0.2) is 11.2 Å².